The van der Waals surface area contributed by atoms with E-state index in [0.717, 1.165) is 16.7 Å². The summed E-state index contributed by atoms with van der Waals surface area (Å²) in [6.45, 7) is 0. The monoisotopic (exact) mass is 237 g/mol. The molecular formula is C11H6F3N3. The van der Waals surface area contributed by atoms with Gasteiger partial charge >= 0.3 is 6.18 Å². The summed E-state index contributed by atoms with van der Waals surface area (Å²) < 4.78 is 39.6. The molecule has 0 radical (unpaired) electrons. The zero-order valence-corrected chi connectivity index (χ0v) is 8.44. The van der Waals surface area contributed by atoms with Crippen molar-refractivity contribution in [3.8, 4) is 0 Å². The van der Waals surface area contributed by atoms with Crippen LogP contribution in [0.4, 0.5) is 13.2 Å². The molecule has 0 N–H and O–H groups in total. The summed E-state index contributed by atoms with van der Waals surface area (Å²) in [5, 5.41) is 0. The Morgan fingerprint density at radius 1 is 1.06 bits per heavy atom. The van der Waals surface area contributed by atoms with Crippen molar-refractivity contribution in [1.82, 2.24) is 14.4 Å². The van der Waals surface area contributed by atoms with Gasteiger partial charge < -0.3 is 0 Å². The van der Waals surface area contributed by atoms with Gasteiger partial charge in [-0.3, -0.25) is 4.40 Å². The first kappa shape index (κ1) is 10.1. The first-order chi connectivity index (χ1) is 8.07. The number of para-hydroxylation sites is 2. The highest BCUT2D eigenvalue weighted by Gasteiger charge is 2.34. The van der Waals surface area contributed by atoms with E-state index in [1.807, 2.05) is 0 Å². The SMILES string of the molecule is FC(F)(F)c1ccnc2nc3ccccc3n12. The van der Waals surface area contributed by atoms with Crippen molar-refractivity contribution in [2.24, 2.45) is 0 Å². The largest absolute Gasteiger partial charge is 0.431 e. The van der Waals surface area contributed by atoms with E-state index in [2.05, 4.69) is 9.97 Å². The van der Waals surface area contributed by atoms with Crippen molar-refractivity contribution < 1.29 is 13.2 Å². The van der Waals surface area contributed by atoms with E-state index in [1.54, 1.807) is 24.3 Å². The fourth-order valence-electron chi connectivity index (χ4n) is 1.81. The molecule has 6 heteroatoms. The highest BCUT2D eigenvalue weighted by atomic mass is 19.4. The number of alkyl halides is 3. The second kappa shape index (κ2) is 3.19. The Bertz CT molecular complexity index is 700. The molecule has 0 aliphatic rings. The molecule has 1 aromatic carbocycles. The number of rotatable bonds is 0. The van der Waals surface area contributed by atoms with Crippen LogP contribution in [0.25, 0.3) is 16.8 Å². The molecule has 86 valence electrons. The Balaban J connectivity index is 2.52. The van der Waals surface area contributed by atoms with E-state index in [4.69, 9.17) is 0 Å². The maximum atomic E-state index is 12.8. The van der Waals surface area contributed by atoms with Gasteiger partial charge in [-0.1, -0.05) is 12.1 Å². The molecule has 0 aliphatic heterocycles. The number of aromatic nitrogens is 3. The van der Waals surface area contributed by atoms with Crippen LogP contribution in [-0.4, -0.2) is 14.4 Å². The second-order valence-electron chi connectivity index (χ2n) is 3.56. The van der Waals surface area contributed by atoms with Crippen molar-refractivity contribution in [2.45, 2.75) is 6.18 Å². The fourth-order valence-corrected chi connectivity index (χ4v) is 1.81. The number of benzene rings is 1. The minimum atomic E-state index is -4.43. The average Bonchev–Trinajstić information content (AvgIpc) is 2.65. The molecule has 0 bridgehead atoms. The predicted octanol–water partition coefficient (Wildman–Crippen LogP) is 2.90. The van der Waals surface area contributed by atoms with Crippen molar-refractivity contribution in [3.05, 3.63) is 42.2 Å². The summed E-state index contributed by atoms with van der Waals surface area (Å²) >= 11 is 0. The molecule has 2 aromatic heterocycles. The Hall–Kier alpha value is -2.11. The first-order valence-corrected chi connectivity index (χ1v) is 4.87. The average molecular weight is 237 g/mol. The van der Waals surface area contributed by atoms with Crippen LogP contribution in [0, 0.1) is 0 Å². The summed E-state index contributed by atoms with van der Waals surface area (Å²) in [5.74, 6) is 0.0565. The molecule has 0 unspecified atom stereocenters. The molecule has 0 fully saturated rings. The maximum absolute atomic E-state index is 12.8. The molecule has 3 aromatic rings. The standard InChI is InChI=1S/C11H6F3N3/c12-11(13,14)9-5-6-15-10-16-7-3-1-2-4-8(7)17(9)10/h1-6H. The number of nitrogens with zero attached hydrogens (tertiary/aromatic N) is 3. The molecule has 0 aliphatic carbocycles. The molecule has 0 saturated carbocycles. The van der Waals surface area contributed by atoms with Gasteiger partial charge in [-0.15, -0.1) is 0 Å². The van der Waals surface area contributed by atoms with Crippen LogP contribution in [0.3, 0.4) is 0 Å². The minimum absolute atomic E-state index is 0.0565. The van der Waals surface area contributed by atoms with Gasteiger partial charge in [-0.25, -0.2) is 9.97 Å². The van der Waals surface area contributed by atoms with Gasteiger partial charge in [0.1, 0.15) is 5.69 Å². The van der Waals surface area contributed by atoms with E-state index >= 15 is 0 Å². The summed E-state index contributed by atoms with van der Waals surface area (Å²) in [5.41, 5.74) is 0.135. The molecule has 17 heavy (non-hydrogen) atoms. The Kier molecular flexibility index (Phi) is 1.89. The highest BCUT2D eigenvalue weighted by Crippen LogP contribution is 2.31. The Morgan fingerprint density at radius 2 is 1.82 bits per heavy atom. The minimum Gasteiger partial charge on any atom is -0.272 e. The number of hydrogen-bond donors (Lipinski definition) is 0. The zero-order chi connectivity index (χ0) is 12.0. The lowest BCUT2D eigenvalue weighted by Crippen LogP contribution is -2.11. The third kappa shape index (κ3) is 1.44. The van der Waals surface area contributed by atoms with E-state index < -0.39 is 11.9 Å². The van der Waals surface area contributed by atoms with Gasteiger partial charge in [0.2, 0.25) is 5.78 Å². The number of imidazole rings is 1. The Labute approximate surface area is 93.5 Å². The number of halogens is 3. The van der Waals surface area contributed by atoms with Crippen molar-refractivity contribution in [3.63, 3.8) is 0 Å². The smallest absolute Gasteiger partial charge is 0.272 e. The van der Waals surface area contributed by atoms with Crippen LogP contribution >= 0.6 is 0 Å². The number of hydrogen-bond acceptors (Lipinski definition) is 2. The molecular weight excluding hydrogens is 231 g/mol. The summed E-state index contributed by atoms with van der Waals surface area (Å²) in [7, 11) is 0. The van der Waals surface area contributed by atoms with Gasteiger partial charge in [-0.2, -0.15) is 13.2 Å². The van der Waals surface area contributed by atoms with Crippen LogP contribution in [0.15, 0.2) is 36.5 Å². The molecule has 0 atom stereocenters. The van der Waals surface area contributed by atoms with E-state index in [1.165, 1.54) is 0 Å². The topological polar surface area (TPSA) is 30.2 Å². The predicted molar refractivity (Wildman–Crippen MR) is 55.5 cm³/mol. The molecule has 3 rings (SSSR count). The van der Waals surface area contributed by atoms with Gasteiger partial charge in [0.15, 0.2) is 0 Å². The van der Waals surface area contributed by atoms with Crippen LogP contribution in [0.1, 0.15) is 5.69 Å². The Morgan fingerprint density at radius 3 is 2.59 bits per heavy atom. The van der Waals surface area contributed by atoms with Gasteiger partial charge in [-0.05, 0) is 18.2 Å². The summed E-state index contributed by atoms with van der Waals surface area (Å²) in [6.07, 6.45) is -3.31. The summed E-state index contributed by atoms with van der Waals surface area (Å²) in [4.78, 5) is 7.89. The zero-order valence-electron chi connectivity index (χ0n) is 8.44. The van der Waals surface area contributed by atoms with Crippen molar-refractivity contribution >= 4 is 16.8 Å². The van der Waals surface area contributed by atoms with Crippen molar-refractivity contribution in [1.29, 1.82) is 0 Å². The molecule has 3 nitrogen and oxygen atoms in total. The van der Waals surface area contributed by atoms with Crippen LogP contribution < -0.4 is 0 Å². The van der Waals surface area contributed by atoms with E-state index in [9.17, 15) is 13.2 Å². The second-order valence-corrected chi connectivity index (χ2v) is 3.56. The molecule has 2 heterocycles. The number of fused-ring (bicyclic) bond motifs is 3. The van der Waals surface area contributed by atoms with Crippen molar-refractivity contribution in [2.75, 3.05) is 0 Å². The van der Waals surface area contributed by atoms with Gasteiger partial charge in [0.25, 0.3) is 0 Å². The third-order valence-electron chi connectivity index (χ3n) is 2.50. The fraction of sp³-hybridized carbons (Fsp3) is 0.0909. The first-order valence-electron chi connectivity index (χ1n) is 4.87. The molecule has 0 amide bonds. The maximum Gasteiger partial charge on any atom is 0.431 e. The van der Waals surface area contributed by atoms with Gasteiger partial charge in [0, 0.05) is 6.20 Å². The summed E-state index contributed by atoms with van der Waals surface area (Å²) in [6, 6.07) is 7.59. The third-order valence-corrected chi connectivity index (χ3v) is 2.50. The van der Waals surface area contributed by atoms with Crippen LogP contribution in [0.5, 0.6) is 0 Å². The van der Waals surface area contributed by atoms with Crippen LogP contribution in [-0.2, 0) is 6.18 Å². The molecule has 0 spiro atoms. The quantitative estimate of drug-likeness (QED) is 0.601. The lowest BCUT2D eigenvalue weighted by atomic mass is 10.3. The highest BCUT2D eigenvalue weighted by molar-refractivity contribution is 5.79. The molecule has 0 saturated heterocycles. The lowest BCUT2D eigenvalue weighted by molar-refractivity contribution is -0.141. The van der Waals surface area contributed by atoms with Crippen LogP contribution in [0.2, 0.25) is 0 Å². The van der Waals surface area contributed by atoms with E-state index in [0.29, 0.717) is 11.0 Å². The normalized spacial score (nSPS) is 12.4. The van der Waals surface area contributed by atoms with E-state index in [-0.39, 0.29) is 5.78 Å². The lowest BCUT2D eigenvalue weighted by Gasteiger charge is -2.08. The van der Waals surface area contributed by atoms with Gasteiger partial charge in [0.05, 0.1) is 11.0 Å².